The lowest BCUT2D eigenvalue weighted by atomic mass is 10.1. The van der Waals surface area contributed by atoms with Gasteiger partial charge >= 0.3 is 5.97 Å². The van der Waals surface area contributed by atoms with E-state index in [0.717, 1.165) is 6.42 Å². The van der Waals surface area contributed by atoms with Crippen molar-refractivity contribution in [2.24, 2.45) is 5.92 Å². The van der Waals surface area contributed by atoms with Crippen LogP contribution in [0.4, 0.5) is 0 Å². The van der Waals surface area contributed by atoms with Crippen LogP contribution in [0.2, 0.25) is 0 Å². The van der Waals surface area contributed by atoms with E-state index in [9.17, 15) is 4.79 Å². The molecule has 0 amide bonds. The minimum Gasteiger partial charge on any atom is -0.469 e. The molecule has 0 N–H and O–H groups in total. The van der Waals surface area contributed by atoms with Gasteiger partial charge in [0.05, 0.1) is 13.0 Å². The monoisotopic (exact) mass is 132 g/mol. The summed E-state index contributed by atoms with van der Waals surface area (Å²) in [5, 5.41) is 0. The number of carbonyl (C=O) groups excluding carboxylic acids is 1. The zero-order valence-electron chi connectivity index (χ0n) is 5.60. The van der Waals surface area contributed by atoms with E-state index < -0.39 is 0 Å². The SMILES string of the molecule is C.CCC(C)C(=O)OC. The quantitative estimate of drug-likeness (QED) is 0.536. The van der Waals surface area contributed by atoms with E-state index in [-0.39, 0.29) is 19.3 Å². The zero-order valence-corrected chi connectivity index (χ0v) is 5.60. The minimum absolute atomic E-state index is 0. The number of carbonyl (C=O) groups is 1. The Kier molecular flexibility index (Phi) is 7.03. The second kappa shape index (κ2) is 5.60. The lowest BCUT2D eigenvalue weighted by Crippen LogP contribution is -2.10. The second-order valence-electron chi connectivity index (χ2n) is 1.83. The fourth-order valence-electron chi connectivity index (χ4n) is 0.368. The number of methoxy groups -OCH3 is 1. The molecule has 2 nitrogen and oxygen atoms in total. The summed E-state index contributed by atoms with van der Waals surface area (Å²) in [5.41, 5.74) is 0. The highest BCUT2D eigenvalue weighted by atomic mass is 16.5. The molecular weight excluding hydrogens is 116 g/mol. The fourth-order valence-corrected chi connectivity index (χ4v) is 0.368. The normalized spacial score (nSPS) is 11.4. The van der Waals surface area contributed by atoms with Gasteiger partial charge in [-0.25, -0.2) is 0 Å². The average molecular weight is 132 g/mol. The van der Waals surface area contributed by atoms with Crippen molar-refractivity contribution in [3.05, 3.63) is 0 Å². The Hall–Kier alpha value is -0.530. The summed E-state index contributed by atoms with van der Waals surface area (Å²) in [5.74, 6) is -0.0625. The van der Waals surface area contributed by atoms with Gasteiger partial charge in [-0.05, 0) is 6.42 Å². The topological polar surface area (TPSA) is 26.3 Å². The van der Waals surface area contributed by atoms with Crippen LogP contribution >= 0.6 is 0 Å². The molecule has 9 heavy (non-hydrogen) atoms. The summed E-state index contributed by atoms with van der Waals surface area (Å²) in [6.07, 6.45) is 0.854. The highest BCUT2D eigenvalue weighted by Crippen LogP contribution is 2.00. The fraction of sp³-hybridized carbons (Fsp3) is 0.857. The Morgan fingerprint density at radius 1 is 1.67 bits per heavy atom. The van der Waals surface area contributed by atoms with Crippen LogP contribution in [0.25, 0.3) is 0 Å². The highest BCUT2D eigenvalue weighted by molar-refractivity contribution is 5.71. The molecule has 1 unspecified atom stereocenters. The van der Waals surface area contributed by atoms with Crippen molar-refractivity contribution in [3.8, 4) is 0 Å². The van der Waals surface area contributed by atoms with Crippen molar-refractivity contribution in [2.75, 3.05) is 7.11 Å². The van der Waals surface area contributed by atoms with Crippen molar-refractivity contribution >= 4 is 5.97 Å². The molecule has 0 fully saturated rings. The number of hydrogen-bond donors (Lipinski definition) is 0. The third-order valence-electron chi connectivity index (χ3n) is 1.22. The summed E-state index contributed by atoms with van der Waals surface area (Å²) in [7, 11) is 1.41. The Morgan fingerprint density at radius 3 is 2.22 bits per heavy atom. The third kappa shape index (κ3) is 4.01. The molecule has 0 aliphatic rings. The van der Waals surface area contributed by atoms with Gasteiger partial charge in [-0.1, -0.05) is 21.3 Å². The van der Waals surface area contributed by atoms with E-state index in [4.69, 9.17) is 0 Å². The van der Waals surface area contributed by atoms with Gasteiger partial charge in [0.2, 0.25) is 0 Å². The van der Waals surface area contributed by atoms with Crippen molar-refractivity contribution < 1.29 is 9.53 Å². The average Bonchev–Trinajstić information content (AvgIpc) is 1.84. The maximum Gasteiger partial charge on any atom is 0.308 e. The van der Waals surface area contributed by atoms with E-state index in [1.807, 2.05) is 13.8 Å². The van der Waals surface area contributed by atoms with Crippen LogP contribution in [-0.4, -0.2) is 13.1 Å². The molecule has 0 aliphatic carbocycles. The predicted octanol–water partition coefficient (Wildman–Crippen LogP) is 1.84. The molecule has 0 bridgehead atoms. The highest BCUT2D eigenvalue weighted by Gasteiger charge is 2.08. The lowest BCUT2D eigenvalue weighted by Gasteiger charge is -2.02. The van der Waals surface area contributed by atoms with Gasteiger partial charge in [-0.2, -0.15) is 0 Å². The van der Waals surface area contributed by atoms with Crippen LogP contribution in [0.3, 0.4) is 0 Å². The van der Waals surface area contributed by atoms with E-state index in [1.54, 1.807) is 0 Å². The maximum atomic E-state index is 10.5. The van der Waals surface area contributed by atoms with Crippen LogP contribution in [0.5, 0.6) is 0 Å². The maximum absolute atomic E-state index is 10.5. The summed E-state index contributed by atoms with van der Waals surface area (Å²) >= 11 is 0. The van der Waals surface area contributed by atoms with Crippen LogP contribution in [-0.2, 0) is 9.53 Å². The van der Waals surface area contributed by atoms with Gasteiger partial charge in [0.1, 0.15) is 0 Å². The minimum atomic E-state index is -0.118. The van der Waals surface area contributed by atoms with E-state index in [0.29, 0.717) is 0 Å². The molecule has 0 saturated carbocycles. The Morgan fingerprint density at radius 2 is 2.11 bits per heavy atom. The van der Waals surface area contributed by atoms with Gasteiger partial charge in [0.25, 0.3) is 0 Å². The van der Waals surface area contributed by atoms with E-state index in [1.165, 1.54) is 7.11 Å². The molecule has 2 heteroatoms. The Balaban J connectivity index is 0. The molecule has 0 radical (unpaired) electrons. The predicted molar refractivity (Wildman–Crippen MR) is 38.2 cm³/mol. The van der Waals surface area contributed by atoms with Crippen LogP contribution in [0.1, 0.15) is 27.7 Å². The van der Waals surface area contributed by atoms with Crippen molar-refractivity contribution in [3.63, 3.8) is 0 Å². The molecule has 0 spiro atoms. The molecule has 0 aromatic rings. The Bertz CT molecular complexity index is 79.0. The molecule has 0 aromatic heterocycles. The van der Waals surface area contributed by atoms with Crippen molar-refractivity contribution in [1.82, 2.24) is 0 Å². The van der Waals surface area contributed by atoms with Crippen LogP contribution in [0, 0.1) is 5.92 Å². The lowest BCUT2D eigenvalue weighted by molar-refractivity contribution is -0.144. The number of ether oxygens (including phenoxy) is 1. The summed E-state index contributed by atoms with van der Waals surface area (Å²) in [6.45, 7) is 3.81. The molecule has 1 atom stereocenters. The van der Waals surface area contributed by atoms with Gasteiger partial charge in [-0.15, -0.1) is 0 Å². The third-order valence-corrected chi connectivity index (χ3v) is 1.22. The molecule has 0 heterocycles. The van der Waals surface area contributed by atoms with Gasteiger partial charge in [0, 0.05) is 0 Å². The largest absolute Gasteiger partial charge is 0.469 e. The molecular formula is C7H16O2. The Labute approximate surface area is 57.2 Å². The first-order chi connectivity index (χ1) is 3.72. The summed E-state index contributed by atoms with van der Waals surface area (Å²) < 4.78 is 4.46. The number of hydrogen-bond acceptors (Lipinski definition) is 2. The summed E-state index contributed by atoms with van der Waals surface area (Å²) in [6, 6.07) is 0. The van der Waals surface area contributed by atoms with Gasteiger partial charge in [0.15, 0.2) is 0 Å². The molecule has 0 rings (SSSR count). The van der Waals surface area contributed by atoms with Gasteiger partial charge < -0.3 is 4.74 Å². The smallest absolute Gasteiger partial charge is 0.308 e. The molecule has 0 aromatic carbocycles. The van der Waals surface area contributed by atoms with E-state index >= 15 is 0 Å². The first-order valence-electron chi connectivity index (χ1n) is 2.80. The molecule has 0 aliphatic heterocycles. The van der Waals surface area contributed by atoms with Crippen molar-refractivity contribution in [2.45, 2.75) is 27.7 Å². The van der Waals surface area contributed by atoms with Gasteiger partial charge in [-0.3, -0.25) is 4.79 Å². The zero-order chi connectivity index (χ0) is 6.57. The second-order valence-corrected chi connectivity index (χ2v) is 1.83. The van der Waals surface area contributed by atoms with E-state index in [2.05, 4.69) is 4.74 Å². The number of esters is 1. The van der Waals surface area contributed by atoms with Crippen LogP contribution in [0.15, 0.2) is 0 Å². The standard InChI is InChI=1S/C6H12O2.CH4/c1-4-5(2)6(7)8-3;/h5H,4H2,1-3H3;1H4. The van der Waals surface area contributed by atoms with Crippen molar-refractivity contribution in [1.29, 1.82) is 0 Å². The molecule has 0 saturated heterocycles. The van der Waals surface area contributed by atoms with Crippen LogP contribution < -0.4 is 0 Å². The summed E-state index contributed by atoms with van der Waals surface area (Å²) in [4.78, 5) is 10.5. The first kappa shape index (κ1) is 11.3. The molecule has 56 valence electrons. The first-order valence-corrected chi connectivity index (χ1v) is 2.80. The number of rotatable bonds is 2.